The van der Waals surface area contributed by atoms with Crippen molar-refractivity contribution < 1.29 is 14.7 Å². The molecule has 16 heavy (non-hydrogen) atoms. The first-order chi connectivity index (χ1) is 7.68. The van der Waals surface area contributed by atoms with Gasteiger partial charge in [-0.05, 0) is 12.1 Å². The van der Waals surface area contributed by atoms with Gasteiger partial charge in [-0.2, -0.15) is 0 Å². The zero-order valence-electron chi connectivity index (χ0n) is 8.36. The van der Waals surface area contributed by atoms with Gasteiger partial charge in [-0.3, -0.25) is 9.59 Å². The summed E-state index contributed by atoms with van der Waals surface area (Å²) in [5.74, 6) is -1.03. The van der Waals surface area contributed by atoms with E-state index >= 15 is 0 Å². The quantitative estimate of drug-likeness (QED) is 0.668. The van der Waals surface area contributed by atoms with E-state index in [1.807, 2.05) is 0 Å². The fraction of sp³-hybridized carbons (Fsp3) is 0.0909. The summed E-state index contributed by atoms with van der Waals surface area (Å²) in [5.41, 5.74) is 0.358. The van der Waals surface area contributed by atoms with Crippen LogP contribution in [0.5, 0.6) is 0 Å². The maximum atomic E-state index is 11.7. The summed E-state index contributed by atoms with van der Waals surface area (Å²) in [4.78, 5) is 22.9. The molecule has 1 aliphatic rings. The Kier molecular flexibility index (Phi) is 2.59. The molecule has 0 saturated carbocycles. The van der Waals surface area contributed by atoms with Gasteiger partial charge in [-0.1, -0.05) is 18.2 Å². The number of carbonyl (C=O) groups excluding carboxylic acids is 2. The van der Waals surface area contributed by atoms with Crippen molar-refractivity contribution in [3.63, 3.8) is 0 Å². The number of hydrogen-bond acceptors (Lipinski definition) is 3. The van der Waals surface area contributed by atoms with E-state index in [9.17, 15) is 14.7 Å². The summed E-state index contributed by atoms with van der Waals surface area (Å²) < 4.78 is 0. The molecule has 1 aromatic rings. The number of aliphatic hydroxyl groups is 1. The van der Waals surface area contributed by atoms with Crippen molar-refractivity contribution in [1.82, 2.24) is 10.6 Å². The first-order valence-electron chi connectivity index (χ1n) is 4.75. The number of amides is 2. The molecular formula is C11H10N2O3. The molecular weight excluding hydrogens is 208 g/mol. The van der Waals surface area contributed by atoms with Crippen molar-refractivity contribution in [2.75, 3.05) is 6.54 Å². The molecule has 0 atom stereocenters. The van der Waals surface area contributed by atoms with Gasteiger partial charge in [0.15, 0.2) is 0 Å². The number of nitrogens with one attached hydrogen (secondary N) is 2. The Hall–Kier alpha value is -2.30. The van der Waals surface area contributed by atoms with Crippen LogP contribution in [0.4, 0.5) is 0 Å². The molecule has 82 valence electrons. The summed E-state index contributed by atoms with van der Waals surface area (Å²) in [6, 6.07) is 8.48. The first-order valence-corrected chi connectivity index (χ1v) is 4.75. The third-order valence-electron chi connectivity index (χ3n) is 2.21. The molecule has 5 nitrogen and oxygen atoms in total. The Labute approximate surface area is 91.8 Å². The lowest BCUT2D eigenvalue weighted by molar-refractivity contribution is -0.116. The SMILES string of the molecule is O=C1NCC(O)=C1NC(=O)c1ccccc1. The molecule has 0 aliphatic carbocycles. The third kappa shape index (κ3) is 1.88. The Bertz CT molecular complexity index is 465. The van der Waals surface area contributed by atoms with Crippen LogP contribution < -0.4 is 10.6 Å². The fourth-order valence-electron chi connectivity index (χ4n) is 1.38. The maximum absolute atomic E-state index is 11.7. The minimum Gasteiger partial charge on any atom is -0.508 e. The van der Waals surface area contributed by atoms with Crippen molar-refractivity contribution in [1.29, 1.82) is 0 Å². The van der Waals surface area contributed by atoms with Gasteiger partial charge in [-0.25, -0.2) is 0 Å². The van der Waals surface area contributed by atoms with Gasteiger partial charge < -0.3 is 15.7 Å². The Balaban J connectivity index is 2.15. The molecule has 2 amide bonds. The van der Waals surface area contributed by atoms with Crippen LogP contribution in [0.2, 0.25) is 0 Å². The van der Waals surface area contributed by atoms with E-state index in [-0.39, 0.29) is 18.0 Å². The molecule has 0 unspecified atom stereocenters. The Morgan fingerprint density at radius 3 is 2.56 bits per heavy atom. The highest BCUT2D eigenvalue weighted by Crippen LogP contribution is 2.06. The van der Waals surface area contributed by atoms with Crippen molar-refractivity contribution in [2.24, 2.45) is 0 Å². The Morgan fingerprint density at radius 1 is 1.31 bits per heavy atom. The van der Waals surface area contributed by atoms with Crippen molar-refractivity contribution in [3.8, 4) is 0 Å². The fourth-order valence-corrected chi connectivity index (χ4v) is 1.38. The zero-order chi connectivity index (χ0) is 11.5. The molecule has 1 aliphatic heterocycles. The molecule has 0 fully saturated rings. The van der Waals surface area contributed by atoms with Gasteiger partial charge in [-0.15, -0.1) is 0 Å². The number of aliphatic hydroxyl groups excluding tert-OH is 1. The van der Waals surface area contributed by atoms with Crippen molar-refractivity contribution in [3.05, 3.63) is 47.4 Å². The van der Waals surface area contributed by atoms with Gasteiger partial charge >= 0.3 is 0 Å². The second-order valence-electron chi connectivity index (χ2n) is 3.32. The highest BCUT2D eigenvalue weighted by molar-refractivity contribution is 6.04. The summed E-state index contributed by atoms with van der Waals surface area (Å²) in [7, 11) is 0. The summed E-state index contributed by atoms with van der Waals surface area (Å²) in [6.07, 6.45) is 0. The number of carbonyl (C=O) groups is 2. The highest BCUT2D eigenvalue weighted by atomic mass is 16.3. The first kappa shape index (κ1) is 10.2. The van der Waals surface area contributed by atoms with Crippen molar-refractivity contribution in [2.45, 2.75) is 0 Å². The smallest absolute Gasteiger partial charge is 0.271 e. The lowest BCUT2D eigenvalue weighted by atomic mass is 10.2. The molecule has 0 bridgehead atoms. The molecule has 1 aromatic carbocycles. The van der Waals surface area contributed by atoms with Crippen LogP contribution in [0.3, 0.4) is 0 Å². The molecule has 2 rings (SSSR count). The Morgan fingerprint density at radius 2 is 2.00 bits per heavy atom. The van der Waals surface area contributed by atoms with Gasteiger partial charge in [0.25, 0.3) is 11.8 Å². The van der Waals surface area contributed by atoms with Gasteiger partial charge in [0.2, 0.25) is 0 Å². The molecule has 0 saturated heterocycles. The van der Waals surface area contributed by atoms with Crippen LogP contribution >= 0.6 is 0 Å². The lowest BCUT2D eigenvalue weighted by Gasteiger charge is -2.04. The maximum Gasteiger partial charge on any atom is 0.271 e. The van der Waals surface area contributed by atoms with E-state index in [0.717, 1.165) is 0 Å². The molecule has 5 heteroatoms. The normalized spacial score (nSPS) is 14.9. The summed E-state index contributed by atoms with van der Waals surface area (Å²) in [5, 5.41) is 14.1. The molecule has 0 aromatic heterocycles. The van der Waals surface area contributed by atoms with E-state index < -0.39 is 11.8 Å². The topological polar surface area (TPSA) is 78.4 Å². The standard InChI is InChI=1S/C11H10N2O3/c14-8-6-12-11(16)9(8)13-10(15)7-4-2-1-3-5-7/h1-5,14H,6H2,(H,12,16)(H,13,15). The van der Waals surface area contributed by atoms with Gasteiger partial charge in [0.05, 0.1) is 6.54 Å². The van der Waals surface area contributed by atoms with Crippen LogP contribution in [0.1, 0.15) is 10.4 Å². The third-order valence-corrected chi connectivity index (χ3v) is 2.21. The summed E-state index contributed by atoms with van der Waals surface area (Å²) in [6.45, 7) is 0.0588. The van der Waals surface area contributed by atoms with E-state index in [1.165, 1.54) is 0 Å². The second-order valence-corrected chi connectivity index (χ2v) is 3.32. The van der Waals surface area contributed by atoms with Gasteiger partial charge in [0.1, 0.15) is 11.5 Å². The van der Waals surface area contributed by atoms with E-state index in [2.05, 4.69) is 10.6 Å². The number of hydrogen-bond donors (Lipinski definition) is 3. The predicted octanol–water partition coefficient (Wildman–Crippen LogP) is 0.316. The van der Waals surface area contributed by atoms with Crippen LogP contribution in [0.25, 0.3) is 0 Å². The van der Waals surface area contributed by atoms with Crippen LogP contribution in [0, 0.1) is 0 Å². The van der Waals surface area contributed by atoms with E-state index in [1.54, 1.807) is 30.3 Å². The molecule has 0 radical (unpaired) electrons. The second kappa shape index (κ2) is 4.06. The predicted molar refractivity (Wildman–Crippen MR) is 56.6 cm³/mol. The minimum atomic E-state index is -0.471. The van der Waals surface area contributed by atoms with Crippen LogP contribution in [0.15, 0.2) is 41.8 Å². The molecule has 0 spiro atoms. The molecule has 1 heterocycles. The van der Waals surface area contributed by atoms with Crippen LogP contribution in [-0.4, -0.2) is 23.5 Å². The summed E-state index contributed by atoms with van der Waals surface area (Å²) >= 11 is 0. The monoisotopic (exact) mass is 218 g/mol. The van der Waals surface area contributed by atoms with Crippen molar-refractivity contribution >= 4 is 11.8 Å². The largest absolute Gasteiger partial charge is 0.508 e. The average molecular weight is 218 g/mol. The highest BCUT2D eigenvalue weighted by Gasteiger charge is 2.24. The number of benzene rings is 1. The van der Waals surface area contributed by atoms with E-state index in [0.29, 0.717) is 5.56 Å². The minimum absolute atomic E-state index is 0.0588. The van der Waals surface area contributed by atoms with E-state index in [4.69, 9.17) is 0 Å². The van der Waals surface area contributed by atoms with Gasteiger partial charge in [0, 0.05) is 5.56 Å². The number of rotatable bonds is 2. The lowest BCUT2D eigenvalue weighted by Crippen LogP contribution is -2.29. The molecule has 3 N–H and O–H groups in total. The van der Waals surface area contributed by atoms with Crippen LogP contribution in [-0.2, 0) is 4.79 Å². The zero-order valence-corrected chi connectivity index (χ0v) is 8.36. The average Bonchev–Trinajstić information content (AvgIpc) is 2.62.